The van der Waals surface area contributed by atoms with E-state index < -0.39 is 5.97 Å². The van der Waals surface area contributed by atoms with Gasteiger partial charge in [0.05, 0.1) is 22.9 Å². The third kappa shape index (κ3) is 3.44. The van der Waals surface area contributed by atoms with E-state index in [-0.39, 0.29) is 5.92 Å². The number of aromatic carboxylic acids is 1. The summed E-state index contributed by atoms with van der Waals surface area (Å²) < 4.78 is 2.21. The number of hydrogen-bond donors (Lipinski definition) is 1. The summed E-state index contributed by atoms with van der Waals surface area (Å²) in [6.07, 6.45) is 7.00. The van der Waals surface area contributed by atoms with Gasteiger partial charge in [-0.1, -0.05) is 42.5 Å². The van der Waals surface area contributed by atoms with E-state index >= 15 is 0 Å². The van der Waals surface area contributed by atoms with Crippen LogP contribution in [0.4, 0.5) is 0 Å². The quantitative estimate of drug-likeness (QED) is 0.447. The van der Waals surface area contributed by atoms with Crippen molar-refractivity contribution in [3.63, 3.8) is 0 Å². The minimum atomic E-state index is -0.894. The maximum Gasteiger partial charge on any atom is 0.335 e. The molecule has 1 aliphatic carbocycles. The van der Waals surface area contributed by atoms with Crippen molar-refractivity contribution in [2.24, 2.45) is 0 Å². The second-order valence-corrected chi connectivity index (χ2v) is 8.32. The van der Waals surface area contributed by atoms with Crippen LogP contribution in [-0.4, -0.2) is 20.6 Å². The second kappa shape index (κ2) is 7.55. The van der Waals surface area contributed by atoms with Gasteiger partial charge in [0.25, 0.3) is 0 Å². The lowest BCUT2D eigenvalue weighted by molar-refractivity contribution is 0.0696. The van der Waals surface area contributed by atoms with E-state index in [0.717, 1.165) is 35.1 Å². The molecule has 0 saturated carbocycles. The van der Waals surface area contributed by atoms with Crippen molar-refractivity contribution in [2.45, 2.75) is 32.7 Å². The van der Waals surface area contributed by atoms with E-state index in [1.165, 1.54) is 22.3 Å². The largest absolute Gasteiger partial charge is 0.478 e. The Morgan fingerprint density at radius 2 is 1.71 bits per heavy atom. The summed E-state index contributed by atoms with van der Waals surface area (Å²) in [5.41, 5.74) is 9.55. The molecule has 0 radical (unpaired) electrons. The third-order valence-corrected chi connectivity index (χ3v) is 6.42. The van der Waals surface area contributed by atoms with Crippen LogP contribution in [0.1, 0.15) is 56.1 Å². The van der Waals surface area contributed by atoms with Crippen molar-refractivity contribution in [1.82, 2.24) is 9.55 Å². The van der Waals surface area contributed by atoms with Crippen LogP contribution in [0.5, 0.6) is 0 Å². The van der Waals surface area contributed by atoms with Crippen molar-refractivity contribution >= 4 is 29.2 Å². The van der Waals surface area contributed by atoms with Crippen LogP contribution in [0.15, 0.2) is 60.9 Å². The summed E-state index contributed by atoms with van der Waals surface area (Å²) in [6, 6.07) is 18.2. The molecule has 0 amide bonds. The first-order chi connectivity index (χ1) is 15.0. The molecule has 1 unspecified atom stereocenters. The fourth-order valence-corrected chi connectivity index (χ4v) is 4.56. The van der Waals surface area contributed by atoms with Crippen LogP contribution in [-0.2, 0) is 6.54 Å². The highest BCUT2D eigenvalue weighted by atomic mass is 16.4. The maximum atomic E-state index is 11.6. The molecule has 1 N–H and O–H groups in total. The molecular weight excluding hydrogens is 384 g/mol. The standard InChI is InChI=1S/C27H24N2O2/c1-17-13-25-26(14-18(17)2)29(16-28-25)12-11-23-22-6-4-3-5-19(22)7-8-20-9-10-21(27(30)31)15-24(20)23/h3-10,13-16,23H,11-12H2,1-2H3,(H,30,31). The van der Waals surface area contributed by atoms with Gasteiger partial charge < -0.3 is 9.67 Å². The summed E-state index contributed by atoms with van der Waals surface area (Å²) in [6.45, 7) is 5.04. The van der Waals surface area contributed by atoms with Crippen LogP contribution < -0.4 is 0 Å². The minimum Gasteiger partial charge on any atom is -0.478 e. The number of imidazole rings is 1. The van der Waals surface area contributed by atoms with E-state index in [1.807, 2.05) is 24.5 Å². The molecule has 3 aromatic carbocycles. The first-order valence-corrected chi connectivity index (χ1v) is 10.6. The van der Waals surface area contributed by atoms with Gasteiger partial charge in [0.15, 0.2) is 0 Å². The molecule has 1 aliphatic rings. The zero-order chi connectivity index (χ0) is 21.5. The Balaban J connectivity index is 1.57. The molecule has 0 aliphatic heterocycles. The van der Waals surface area contributed by atoms with Gasteiger partial charge >= 0.3 is 5.97 Å². The van der Waals surface area contributed by atoms with Crippen LogP contribution in [0.25, 0.3) is 23.2 Å². The molecular formula is C27H24N2O2. The molecule has 0 spiro atoms. The van der Waals surface area contributed by atoms with Crippen LogP contribution in [0.3, 0.4) is 0 Å². The number of fused-ring (bicyclic) bond motifs is 3. The van der Waals surface area contributed by atoms with Gasteiger partial charge in [-0.2, -0.15) is 0 Å². The number of aromatic nitrogens is 2. The van der Waals surface area contributed by atoms with Crippen LogP contribution in [0, 0.1) is 13.8 Å². The molecule has 4 nitrogen and oxygen atoms in total. The number of benzene rings is 3. The molecule has 4 heteroatoms. The van der Waals surface area contributed by atoms with Gasteiger partial charge in [-0.25, -0.2) is 9.78 Å². The predicted molar refractivity (Wildman–Crippen MR) is 124 cm³/mol. The summed E-state index contributed by atoms with van der Waals surface area (Å²) in [7, 11) is 0. The number of carboxylic acids is 1. The summed E-state index contributed by atoms with van der Waals surface area (Å²) in [4.78, 5) is 16.2. The maximum absolute atomic E-state index is 11.6. The molecule has 31 heavy (non-hydrogen) atoms. The average molecular weight is 409 g/mol. The normalized spacial score (nSPS) is 14.8. The Hall–Kier alpha value is -3.66. The monoisotopic (exact) mass is 408 g/mol. The summed E-state index contributed by atoms with van der Waals surface area (Å²) in [5.74, 6) is -0.793. The highest BCUT2D eigenvalue weighted by molar-refractivity contribution is 5.89. The zero-order valence-electron chi connectivity index (χ0n) is 17.7. The van der Waals surface area contributed by atoms with E-state index in [2.05, 4.69) is 65.9 Å². The fraction of sp³-hybridized carbons (Fsp3) is 0.185. The van der Waals surface area contributed by atoms with Gasteiger partial charge in [-0.15, -0.1) is 0 Å². The summed E-state index contributed by atoms with van der Waals surface area (Å²) >= 11 is 0. The predicted octanol–water partition coefficient (Wildman–Crippen LogP) is 6.06. The smallest absolute Gasteiger partial charge is 0.335 e. The molecule has 1 atom stereocenters. The number of rotatable bonds is 4. The Morgan fingerprint density at radius 1 is 0.968 bits per heavy atom. The highest BCUT2D eigenvalue weighted by Crippen LogP contribution is 2.38. The van der Waals surface area contributed by atoms with Crippen molar-refractivity contribution in [3.05, 3.63) is 99.9 Å². The molecule has 0 saturated heterocycles. The van der Waals surface area contributed by atoms with E-state index in [4.69, 9.17) is 0 Å². The van der Waals surface area contributed by atoms with E-state index in [9.17, 15) is 9.90 Å². The lowest BCUT2D eigenvalue weighted by atomic mass is 9.84. The first kappa shape index (κ1) is 19.3. The van der Waals surface area contributed by atoms with E-state index in [1.54, 1.807) is 6.07 Å². The molecule has 5 rings (SSSR count). The molecule has 1 heterocycles. The third-order valence-electron chi connectivity index (χ3n) is 6.42. The Kier molecular flexibility index (Phi) is 4.70. The van der Waals surface area contributed by atoms with Crippen LogP contribution in [0.2, 0.25) is 0 Å². The molecule has 0 bridgehead atoms. The van der Waals surface area contributed by atoms with Gasteiger partial charge in [-0.05, 0) is 77.9 Å². The zero-order valence-corrected chi connectivity index (χ0v) is 17.7. The van der Waals surface area contributed by atoms with Gasteiger partial charge in [-0.3, -0.25) is 0 Å². The number of hydrogen-bond acceptors (Lipinski definition) is 2. The molecule has 1 aromatic heterocycles. The number of aryl methyl sites for hydroxylation is 3. The van der Waals surface area contributed by atoms with Crippen molar-refractivity contribution < 1.29 is 9.90 Å². The number of carboxylic acid groups (broad SMARTS) is 1. The van der Waals surface area contributed by atoms with Crippen molar-refractivity contribution in [1.29, 1.82) is 0 Å². The van der Waals surface area contributed by atoms with Crippen molar-refractivity contribution in [3.8, 4) is 0 Å². The molecule has 154 valence electrons. The lowest BCUT2D eigenvalue weighted by Crippen LogP contribution is -2.10. The Bertz CT molecular complexity index is 1350. The second-order valence-electron chi connectivity index (χ2n) is 8.32. The molecule has 4 aromatic rings. The van der Waals surface area contributed by atoms with Gasteiger partial charge in [0, 0.05) is 12.5 Å². The Morgan fingerprint density at radius 3 is 2.52 bits per heavy atom. The lowest BCUT2D eigenvalue weighted by Gasteiger charge is -2.21. The van der Waals surface area contributed by atoms with Crippen LogP contribution >= 0.6 is 0 Å². The highest BCUT2D eigenvalue weighted by Gasteiger charge is 2.23. The number of nitrogens with zero attached hydrogens (tertiary/aromatic N) is 2. The SMILES string of the molecule is Cc1cc2ncn(CCC3c4ccccc4C=Cc4ccc(C(=O)O)cc43)c2cc1C. The summed E-state index contributed by atoms with van der Waals surface area (Å²) in [5, 5.41) is 9.55. The molecule has 0 fully saturated rings. The fourth-order valence-electron chi connectivity index (χ4n) is 4.56. The van der Waals surface area contributed by atoms with Crippen molar-refractivity contribution in [2.75, 3.05) is 0 Å². The minimum absolute atomic E-state index is 0.101. The number of carbonyl (C=O) groups is 1. The topological polar surface area (TPSA) is 55.1 Å². The average Bonchev–Trinajstić information content (AvgIpc) is 3.07. The Labute approximate surface area is 181 Å². The van der Waals surface area contributed by atoms with E-state index in [0.29, 0.717) is 5.56 Å². The van der Waals surface area contributed by atoms with Gasteiger partial charge in [0.1, 0.15) is 0 Å². The van der Waals surface area contributed by atoms with Gasteiger partial charge in [0.2, 0.25) is 0 Å². The first-order valence-electron chi connectivity index (χ1n) is 10.6.